The summed E-state index contributed by atoms with van der Waals surface area (Å²) in [5.74, 6) is 0. The third-order valence-electron chi connectivity index (χ3n) is 0. The maximum atomic E-state index is 8.42. The molecule has 0 fully saturated rings. The normalized spacial score (nSPS) is 4.91. The fourth-order valence-electron chi connectivity index (χ4n) is 0. The van der Waals surface area contributed by atoms with Gasteiger partial charge in [0.05, 0.1) is 0 Å². The molecule has 11 heavy (non-hydrogen) atoms. The minimum Gasteiger partial charge on any atom is -0.907 e. The van der Waals surface area contributed by atoms with Gasteiger partial charge in [-0.15, -0.1) is 0 Å². The van der Waals surface area contributed by atoms with Crippen molar-refractivity contribution in [1.82, 2.24) is 0 Å². The Morgan fingerprint density at radius 3 is 0.636 bits per heavy atom. The van der Waals surface area contributed by atoms with E-state index < -0.39 is 14.6 Å². The van der Waals surface area contributed by atoms with Crippen LogP contribution in [0.25, 0.3) is 0 Å². The van der Waals surface area contributed by atoms with Crippen molar-refractivity contribution in [3.8, 4) is 0 Å². The molecule has 0 atom stereocenters. The molecule has 0 spiro atoms. The standard InChI is InChI=1S/2BO3.Li.Sr.Tb/c2*2-1(3)4;;;/q2*-3;+1;+2;+3. The predicted octanol–water partition coefficient (Wildman–Crippen LogP) is -11.3. The quantitative estimate of drug-likeness (QED) is 0.388. The van der Waals surface area contributed by atoms with E-state index >= 15 is 0 Å². The Bertz CT molecular complexity index is 36.1. The molecular weight excluding hydrogens is 371 g/mol. The molecule has 0 bridgehead atoms. The van der Waals surface area contributed by atoms with Gasteiger partial charge in [0.1, 0.15) is 0 Å². The molecule has 0 radical (unpaired) electrons. The predicted molar refractivity (Wildman–Crippen MR) is 17.3 cm³/mol. The van der Waals surface area contributed by atoms with Gasteiger partial charge in [0.15, 0.2) is 0 Å². The van der Waals surface area contributed by atoms with Gasteiger partial charge in [-0.1, -0.05) is 0 Å². The average molecular weight is 371 g/mol. The maximum absolute atomic E-state index is 8.42. The maximum Gasteiger partial charge on any atom is 3.00 e. The third-order valence-corrected chi connectivity index (χ3v) is 0. The minimum absolute atomic E-state index is 0. The molecule has 0 N–H and O–H groups in total. The van der Waals surface area contributed by atoms with E-state index in [4.69, 9.17) is 30.1 Å². The SMILES string of the molecule is [Li+].[O-]B([O-])[O-].[O-]B([O-])[O-].[Sr+2].[Tb+3]. The summed E-state index contributed by atoms with van der Waals surface area (Å²) in [7, 11) is -5.83. The smallest absolute Gasteiger partial charge is 0.907 e. The summed E-state index contributed by atoms with van der Waals surface area (Å²) in [5, 5.41) is 50.5. The van der Waals surface area contributed by atoms with E-state index in [1.807, 2.05) is 0 Å². The molecule has 11 heteroatoms. The van der Waals surface area contributed by atoms with Crippen LogP contribution in [0.15, 0.2) is 0 Å². The monoisotopic (exact) mass is 372 g/mol. The van der Waals surface area contributed by atoms with Crippen molar-refractivity contribution < 1.29 is 87.6 Å². The fraction of sp³-hybridized carbons (Fsp3) is 0. The van der Waals surface area contributed by atoms with Gasteiger partial charge in [-0.3, -0.25) is 14.6 Å². The largest absolute Gasteiger partial charge is 3.00 e. The molecule has 0 aromatic heterocycles. The summed E-state index contributed by atoms with van der Waals surface area (Å²) in [5.41, 5.74) is 0. The molecule has 0 aliphatic rings. The van der Waals surface area contributed by atoms with Crippen LogP contribution in [0.4, 0.5) is 0 Å². The summed E-state index contributed by atoms with van der Waals surface area (Å²) in [6.45, 7) is 0. The van der Waals surface area contributed by atoms with Gasteiger partial charge in [0.25, 0.3) is 0 Å². The first kappa shape index (κ1) is 29.2. The summed E-state index contributed by atoms with van der Waals surface area (Å²) in [6, 6.07) is 0. The summed E-state index contributed by atoms with van der Waals surface area (Å²) >= 11 is 0. The van der Waals surface area contributed by atoms with Crippen LogP contribution in [0.2, 0.25) is 0 Å². The molecule has 0 aromatic carbocycles. The zero-order chi connectivity index (χ0) is 7.15. The van der Waals surface area contributed by atoms with E-state index in [0.29, 0.717) is 0 Å². The Balaban J connectivity index is -0.0000000171. The van der Waals surface area contributed by atoms with Crippen LogP contribution in [0.3, 0.4) is 0 Å². The molecule has 0 unspecified atom stereocenters. The average Bonchev–Trinajstić information content (AvgIpc) is 1.25. The molecule has 0 saturated carbocycles. The van der Waals surface area contributed by atoms with Crippen LogP contribution < -0.4 is 49.0 Å². The molecule has 6 nitrogen and oxygen atoms in total. The van der Waals surface area contributed by atoms with Crippen LogP contribution >= 0.6 is 0 Å². The first-order valence-corrected chi connectivity index (χ1v) is 1.41. The Morgan fingerprint density at radius 1 is 0.636 bits per heavy atom. The van der Waals surface area contributed by atoms with Gasteiger partial charge in [0.2, 0.25) is 0 Å². The molecule has 0 aromatic rings. The van der Waals surface area contributed by atoms with E-state index in [1.165, 1.54) is 0 Å². The first-order valence-electron chi connectivity index (χ1n) is 1.41. The Hall–Kier alpha value is 3.25. The van der Waals surface area contributed by atoms with Crippen molar-refractivity contribution in [2.45, 2.75) is 0 Å². The van der Waals surface area contributed by atoms with Crippen LogP contribution in [0, 0.1) is 38.6 Å². The van der Waals surface area contributed by atoms with Gasteiger partial charge in [0, 0.05) is 0 Å². The molecule has 54 valence electrons. The number of rotatable bonds is 0. The number of hydrogen-bond donors (Lipinski definition) is 0. The van der Waals surface area contributed by atoms with Gasteiger partial charge < -0.3 is 30.1 Å². The molecule has 0 amide bonds. The van der Waals surface area contributed by atoms with E-state index in [0.717, 1.165) is 0 Å². The van der Waals surface area contributed by atoms with Crippen molar-refractivity contribution in [2.75, 3.05) is 0 Å². The van der Waals surface area contributed by atoms with Crippen LogP contribution in [-0.2, 0) is 0 Å². The van der Waals surface area contributed by atoms with E-state index in [2.05, 4.69) is 0 Å². The van der Waals surface area contributed by atoms with Crippen LogP contribution in [0.1, 0.15) is 0 Å². The van der Waals surface area contributed by atoms with Gasteiger partial charge in [-0.25, -0.2) is 0 Å². The third kappa shape index (κ3) is 159. The van der Waals surface area contributed by atoms with E-state index in [1.54, 1.807) is 0 Å². The second-order valence-corrected chi connectivity index (χ2v) is 0.577. The summed E-state index contributed by atoms with van der Waals surface area (Å²) < 4.78 is 0. The summed E-state index contributed by atoms with van der Waals surface area (Å²) in [4.78, 5) is 0. The molecule has 0 aliphatic heterocycles. The topological polar surface area (TPSA) is 138 Å². The van der Waals surface area contributed by atoms with Gasteiger partial charge in [-0.05, 0) is 0 Å². The molecule has 0 heterocycles. The van der Waals surface area contributed by atoms with Crippen molar-refractivity contribution in [3.05, 3.63) is 0 Å². The van der Waals surface area contributed by atoms with Crippen molar-refractivity contribution in [3.63, 3.8) is 0 Å². The van der Waals surface area contributed by atoms with Crippen molar-refractivity contribution in [1.29, 1.82) is 0 Å². The second-order valence-electron chi connectivity index (χ2n) is 0.577. The number of hydrogen-bond acceptors (Lipinski definition) is 6. The Kier molecular flexibility index (Phi) is 61.8. The summed E-state index contributed by atoms with van der Waals surface area (Å²) in [6.07, 6.45) is 0. The zero-order valence-electron chi connectivity index (χ0n) is 5.64. The molecule has 0 rings (SSSR count). The van der Waals surface area contributed by atoms with E-state index in [9.17, 15) is 0 Å². The van der Waals surface area contributed by atoms with Gasteiger partial charge >= 0.3 is 103 Å². The molecule has 0 saturated heterocycles. The minimum atomic E-state index is -2.92. The molecular formula is B2LiO6SrTb. The van der Waals surface area contributed by atoms with Crippen LogP contribution in [0.5, 0.6) is 0 Å². The van der Waals surface area contributed by atoms with Crippen LogP contribution in [-0.4, -0.2) is 60.1 Å². The van der Waals surface area contributed by atoms with E-state index in [-0.39, 0.29) is 103 Å². The van der Waals surface area contributed by atoms with Gasteiger partial charge in [-0.2, -0.15) is 0 Å². The second kappa shape index (κ2) is 23.2. The first-order chi connectivity index (χ1) is 3.46. The van der Waals surface area contributed by atoms with Crippen molar-refractivity contribution in [2.24, 2.45) is 0 Å². The Labute approximate surface area is 145 Å². The van der Waals surface area contributed by atoms with Crippen molar-refractivity contribution >= 4 is 60.1 Å². The molecule has 0 aliphatic carbocycles. The fourth-order valence-corrected chi connectivity index (χ4v) is 0. The zero-order valence-corrected chi connectivity index (χ0v) is 11.3. The Morgan fingerprint density at radius 2 is 0.636 bits per heavy atom.